The van der Waals surface area contributed by atoms with E-state index in [1.54, 1.807) is 25.5 Å². The lowest BCUT2D eigenvalue weighted by Gasteiger charge is -2.05. The van der Waals surface area contributed by atoms with E-state index >= 15 is 0 Å². The fraction of sp³-hybridized carbons (Fsp3) is 0.0556. The number of rotatable bonds is 5. The van der Waals surface area contributed by atoms with Crippen LogP contribution < -0.4 is 11.1 Å². The van der Waals surface area contributed by atoms with Crippen LogP contribution in [0.5, 0.6) is 0 Å². The van der Waals surface area contributed by atoms with Crippen LogP contribution in [0.3, 0.4) is 0 Å². The van der Waals surface area contributed by atoms with Crippen molar-refractivity contribution >= 4 is 34.3 Å². The number of H-pyrrole nitrogens is 1. The number of halogens is 1. The number of anilines is 1. The largest absolute Gasteiger partial charge is 0.399 e. The minimum Gasteiger partial charge on any atom is -0.399 e. The Morgan fingerprint density at radius 1 is 1.36 bits per heavy atom. The van der Waals surface area contributed by atoms with Crippen LogP contribution in [0.15, 0.2) is 42.9 Å². The van der Waals surface area contributed by atoms with Gasteiger partial charge in [0.2, 0.25) is 0 Å². The molecule has 1 aromatic carbocycles. The summed E-state index contributed by atoms with van der Waals surface area (Å²) in [5.41, 5.74) is 7.95. The summed E-state index contributed by atoms with van der Waals surface area (Å²) in [6, 6.07) is 5.63. The van der Waals surface area contributed by atoms with E-state index in [2.05, 4.69) is 15.3 Å². The fourth-order valence-corrected chi connectivity index (χ4v) is 2.57. The van der Waals surface area contributed by atoms with Crippen LogP contribution in [0.2, 0.25) is 0 Å². The molecule has 0 aliphatic carbocycles. The van der Waals surface area contributed by atoms with Crippen molar-refractivity contribution in [3.05, 3.63) is 65.4 Å². The Bertz CT molecular complexity index is 1010. The second-order valence-electron chi connectivity index (χ2n) is 5.42. The topological polar surface area (TPSA) is 108 Å². The van der Waals surface area contributed by atoms with Crippen LogP contribution >= 0.6 is 0 Å². The molecular weight excluding hydrogens is 321 g/mol. The number of hydrogen-bond acceptors (Lipinski definition) is 5. The molecule has 126 valence electrons. The average molecular weight is 337 g/mol. The van der Waals surface area contributed by atoms with Gasteiger partial charge in [-0.15, -0.1) is 0 Å². The Kier molecular flexibility index (Phi) is 4.30. The number of carbonyl (C=O) groups is 1. The maximum absolute atomic E-state index is 14.0. The summed E-state index contributed by atoms with van der Waals surface area (Å²) in [4.78, 5) is 19.9. The maximum atomic E-state index is 14.0. The van der Waals surface area contributed by atoms with Crippen LogP contribution in [-0.4, -0.2) is 29.0 Å². The van der Waals surface area contributed by atoms with Gasteiger partial charge >= 0.3 is 0 Å². The molecule has 25 heavy (non-hydrogen) atoms. The molecule has 0 bridgehead atoms. The molecule has 0 unspecified atom stereocenters. The number of allylic oxidation sites excluding steroid dienone is 1. The molecule has 0 aliphatic rings. The molecule has 0 saturated carbocycles. The summed E-state index contributed by atoms with van der Waals surface area (Å²) in [5, 5.41) is 10.9. The lowest BCUT2D eigenvalue weighted by molar-refractivity contribution is 0.103. The number of nitrogens with two attached hydrogens (primary N) is 1. The van der Waals surface area contributed by atoms with Crippen LogP contribution in [0.25, 0.3) is 16.6 Å². The Balaban J connectivity index is 2.13. The molecule has 3 aromatic rings. The lowest BCUT2D eigenvalue weighted by atomic mass is 10.0. The molecule has 0 saturated heterocycles. The summed E-state index contributed by atoms with van der Waals surface area (Å²) >= 11 is 0. The zero-order chi connectivity index (χ0) is 18.0. The molecule has 0 aliphatic heterocycles. The van der Waals surface area contributed by atoms with E-state index in [0.29, 0.717) is 33.4 Å². The Morgan fingerprint density at radius 3 is 2.88 bits per heavy atom. The van der Waals surface area contributed by atoms with Gasteiger partial charge in [0.15, 0.2) is 5.78 Å². The first-order chi connectivity index (χ1) is 12.0. The number of aromatic amines is 1. The van der Waals surface area contributed by atoms with Crippen molar-refractivity contribution in [2.24, 2.45) is 0 Å². The fourth-order valence-electron chi connectivity index (χ4n) is 2.57. The average Bonchev–Trinajstić information content (AvgIpc) is 3.04. The standard InChI is InChI=1S/C18H16FN5O/c1-22-7-11(6-20)10-4-13-15(9-24-18(13)23-8-10)17(25)14-5-12(21)2-3-16(14)19/h2-9,20,22H,21H2,1H3,(H,23,24)/b11-7+,20-6?. The van der Waals surface area contributed by atoms with Crippen molar-refractivity contribution < 1.29 is 9.18 Å². The molecule has 0 spiro atoms. The molecule has 6 nitrogen and oxygen atoms in total. The van der Waals surface area contributed by atoms with Gasteiger partial charge in [0.25, 0.3) is 0 Å². The summed E-state index contributed by atoms with van der Waals surface area (Å²) < 4.78 is 14.0. The predicted molar refractivity (Wildman–Crippen MR) is 96.2 cm³/mol. The van der Waals surface area contributed by atoms with E-state index in [1.807, 2.05) is 0 Å². The molecule has 0 amide bonds. The van der Waals surface area contributed by atoms with Crippen molar-refractivity contribution in [1.82, 2.24) is 15.3 Å². The summed E-state index contributed by atoms with van der Waals surface area (Å²) in [6.07, 6.45) is 5.94. The molecule has 0 fully saturated rings. The van der Waals surface area contributed by atoms with Crippen LogP contribution in [0, 0.1) is 11.2 Å². The highest BCUT2D eigenvalue weighted by Crippen LogP contribution is 2.25. The number of nitrogens with one attached hydrogen (secondary N) is 3. The first kappa shape index (κ1) is 16.4. The van der Waals surface area contributed by atoms with Crippen molar-refractivity contribution in [1.29, 1.82) is 5.41 Å². The quantitative estimate of drug-likeness (QED) is 0.326. The second-order valence-corrected chi connectivity index (χ2v) is 5.42. The summed E-state index contributed by atoms with van der Waals surface area (Å²) in [6.45, 7) is 0. The van der Waals surface area contributed by atoms with Crippen molar-refractivity contribution in [3.8, 4) is 0 Å². The highest BCUT2D eigenvalue weighted by molar-refractivity contribution is 6.17. The predicted octanol–water partition coefficient (Wildman–Crippen LogP) is 2.73. The van der Waals surface area contributed by atoms with Crippen molar-refractivity contribution in [2.75, 3.05) is 12.8 Å². The number of ketones is 1. The van der Waals surface area contributed by atoms with Crippen LogP contribution in [0.1, 0.15) is 21.5 Å². The van der Waals surface area contributed by atoms with Gasteiger partial charge in [0.1, 0.15) is 11.5 Å². The molecule has 0 atom stereocenters. The van der Waals surface area contributed by atoms with Gasteiger partial charge < -0.3 is 21.4 Å². The number of fused-ring (bicyclic) bond motifs is 1. The van der Waals surface area contributed by atoms with Gasteiger partial charge in [0.05, 0.1) is 5.56 Å². The number of pyridine rings is 1. The van der Waals surface area contributed by atoms with E-state index < -0.39 is 11.6 Å². The number of benzene rings is 1. The third kappa shape index (κ3) is 2.99. The monoisotopic (exact) mass is 337 g/mol. The zero-order valence-corrected chi connectivity index (χ0v) is 13.4. The third-order valence-electron chi connectivity index (χ3n) is 3.80. The van der Waals surface area contributed by atoms with Gasteiger partial charge in [-0.25, -0.2) is 9.37 Å². The third-order valence-corrected chi connectivity index (χ3v) is 3.80. The molecular formula is C18H16FN5O. The number of nitrogen functional groups attached to an aromatic ring is 1. The zero-order valence-electron chi connectivity index (χ0n) is 13.4. The number of carbonyl (C=O) groups excluding carboxylic acids is 1. The van der Waals surface area contributed by atoms with Gasteiger partial charge in [-0.1, -0.05) is 0 Å². The lowest BCUT2D eigenvalue weighted by Crippen LogP contribution is -2.05. The SMILES string of the molecule is CN/C=C(\C=N)c1cnc2[nH]cc(C(=O)c3cc(N)ccc3F)c2c1. The van der Waals surface area contributed by atoms with E-state index in [-0.39, 0.29) is 5.56 Å². The van der Waals surface area contributed by atoms with Crippen molar-refractivity contribution in [2.45, 2.75) is 0 Å². The molecule has 3 rings (SSSR count). The van der Waals surface area contributed by atoms with E-state index in [4.69, 9.17) is 11.1 Å². The van der Waals surface area contributed by atoms with Gasteiger partial charge in [-0.3, -0.25) is 4.79 Å². The van der Waals surface area contributed by atoms with Crippen LogP contribution in [0.4, 0.5) is 10.1 Å². The normalized spacial score (nSPS) is 11.5. The summed E-state index contributed by atoms with van der Waals surface area (Å²) in [5.74, 6) is -1.11. The first-order valence-electron chi connectivity index (χ1n) is 7.50. The minimum atomic E-state index is -0.632. The molecule has 2 aromatic heterocycles. The number of aromatic nitrogens is 2. The molecule has 2 heterocycles. The molecule has 0 radical (unpaired) electrons. The van der Waals surface area contributed by atoms with Gasteiger partial charge in [0, 0.05) is 59.6 Å². The Hall–Kier alpha value is -3.48. The summed E-state index contributed by atoms with van der Waals surface area (Å²) in [7, 11) is 1.73. The second kappa shape index (κ2) is 6.56. The van der Waals surface area contributed by atoms with E-state index in [9.17, 15) is 9.18 Å². The van der Waals surface area contributed by atoms with Gasteiger partial charge in [-0.2, -0.15) is 0 Å². The van der Waals surface area contributed by atoms with Gasteiger partial charge in [-0.05, 0) is 24.3 Å². The number of nitrogens with zero attached hydrogens (tertiary/aromatic N) is 1. The van der Waals surface area contributed by atoms with E-state index in [0.717, 1.165) is 0 Å². The molecule has 5 N–H and O–H groups in total. The molecule has 7 heteroatoms. The number of hydrogen-bond donors (Lipinski definition) is 4. The Morgan fingerprint density at radius 2 is 2.16 bits per heavy atom. The van der Waals surface area contributed by atoms with Crippen LogP contribution in [-0.2, 0) is 0 Å². The maximum Gasteiger partial charge on any atom is 0.198 e. The minimum absolute atomic E-state index is 0.0932. The Labute approximate surface area is 143 Å². The highest BCUT2D eigenvalue weighted by Gasteiger charge is 2.19. The highest BCUT2D eigenvalue weighted by atomic mass is 19.1. The first-order valence-corrected chi connectivity index (χ1v) is 7.50. The smallest absolute Gasteiger partial charge is 0.198 e. The van der Waals surface area contributed by atoms with E-state index in [1.165, 1.54) is 30.6 Å². The van der Waals surface area contributed by atoms with Crippen molar-refractivity contribution in [3.63, 3.8) is 0 Å².